The molecule has 6 nitrogen and oxygen atoms in total. The minimum atomic E-state index is -3.74. The van der Waals surface area contributed by atoms with E-state index in [1.807, 2.05) is 31.2 Å². The number of nitrogens with one attached hydrogen (secondary N) is 1. The van der Waals surface area contributed by atoms with E-state index in [2.05, 4.69) is 5.32 Å². The SMILES string of the molecule is CCOc1ccccc1CCCNC(=O)c1ccc(Cl)c(S(=O)(=O)N2CCCCCC2)c1. The molecule has 1 saturated heterocycles. The Bertz CT molecular complexity index is 1020. The fraction of sp³-hybridized carbons (Fsp3) is 0.458. The highest BCUT2D eigenvalue weighted by molar-refractivity contribution is 7.89. The van der Waals surface area contributed by atoms with Gasteiger partial charge in [-0.1, -0.05) is 42.6 Å². The second-order valence-electron chi connectivity index (χ2n) is 7.86. The topological polar surface area (TPSA) is 75.7 Å². The highest BCUT2D eigenvalue weighted by Crippen LogP contribution is 2.27. The average molecular weight is 479 g/mol. The zero-order valence-electron chi connectivity index (χ0n) is 18.5. The van der Waals surface area contributed by atoms with E-state index in [9.17, 15) is 13.2 Å². The van der Waals surface area contributed by atoms with E-state index < -0.39 is 10.0 Å². The van der Waals surface area contributed by atoms with Crippen LogP contribution in [0.5, 0.6) is 5.75 Å². The zero-order valence-corrected chi connectivity index (χ0v) is 20.1. The minimum absolute atomic E-state index is 0.000594. The van der Waals surface area contributed by atoms with Crippen LogP contribution in [-0.4, -0.2) is 44.9 Å². The van der Waals surface area contributed by atoms with Gasteiger partial charge in [0.25, 0.3) is 5.91 Å². The summed E-state index contributed by atoms with van der Waals surface area (Å²) >= 11 is 6.23. The quantitative estimate of drug-likeness (QED) is 0.531. The summed E-state index contributed by atoms with van der Waals surface area (Å²) < 4.78 is 33.4. The Labute approximate surface area is 196 Å². The van der Waals surface area contributed by atoms with Crippen molar-refractivity contribution in [3.8, 4) is 5.75 Å². The maximum atomic E-state index is 13.1. The molecule has 3 rings (SSSR count). The van der Waals surface area contributed by atoms with Gasteiger partial charge in [0, 0.05) is 25.2 Å². The fourth-order valence-electron chi connectivity index (χ4n) is 3.85. The number of amides is 1. The lowest BCUT2D eigenvalue weighted by Crippen LogP contribution is -2.32. The molecule has 32 heavy (non-hydrogen) atoms. The summed E-state index contributed by atoms with van der Waals surface area (Å²) in [5, 5.41) is 3.01. The van der Waals surface area contributed by atoms with Crippen molar-refractivity contribution in [2.24, 2.45) is 0 Å². The van der Waals surface area contributed by atoms with Gasteiger partial charge < -0.3 is 10.1 Å². The van der Waals surface area contributed by atoms with Gasteiger partial charge in [0.2, 0.25) is 10.0 Å². The third kappa shape index (κ3) is 6.24. The number of carbonyl (C=O) groups is 1. The Morgan fingerprint density at radius 3 is 2.53 bits per heavy atom. The summed E-state index contributed by atoms with van der Waals surface area (Å²) in [4.78, 5) is 12.7. The number of aryl methyl sites for hydroxylation is 1. The molecule has 2 aromatic carbocycles. The molecular formula is C24H31ClN2O4S. The molecule has 174 valence electrons. The molecule has 1 amide bonds. The normalized spacial score (nSPS) is 15.2. The predicted octanol–water partition coefficient (Wildman–Crippen LogP) is 4.67. The van der Waals surface area contributed by atoms with Crippen LogP contribution in [0.4, 0.5) is 0 Å². The monoisotopic (exact) mass is 478 g/mol. The highest BCUT2D eigenvalue weighted by atomic mass is 35.5. The fourth-order valence-corrected chi connectivity index (χ4v) is 5.87. The van der Waals surface area contributed by atoms with Gasteiger partial charge in [-0.3, -0.25) is 4.79 Å². The zero-order chi connectivity index (χ0) is 23.0. The Hall–Kier alpha value is -2.09. The molecule has 0 radical (unpaired) electrons. The van der Waals surface area contributed by atoms with Crippen LogP contribution in [0.25, 0.3) is 0 Å². The van der Waals surface area contributed by atoms with Crippen molar-refractivity contribution in [1.82, 2.24) is 9.62 Å². The number of benzene rings is 2. The van der Waals surface area contributed by atoms with E-state index in [1.165, 1.54) is 16.4 Å². The molecule has 0 aliphatic carbocycles. The second kappa shape index (κ2) is 11.7. The maximum Gasteiger partial charge on any atom is 0.251 e. The number of carbonyl (C=O) groups excluding carboxylic acids is 1. The van der Waals surface area contributed by atoms with Gasteiger partial charge in [-0.2, -0.15) is 4.31 Å². The molecule has 0 atom stereocenters. The molecule has 0 aromatic heterocycles. The van der Waals surface area contributed by atoms with Crippen LogP contribution in [0, 0.1) is 0 Å². The van der Waals surface area contributed by atoms with Crippen molar-refractivity contribution in [2.75, 3.05) is 26.2 Å². The standard InChI is InChI=1S/C24H31ClN2O4S/c1-2-31-22-12-6-5-10-19(22)11-9-15-26-24(28)20-13-14-21(25)23(18-20)32(29,30)27-16-7-3-4-8-17-27/h5-6,10,12-14,18H,2-4,7-9,11,15-17H2,1H3,(H,26,28). The van der Waals surface area contributed by atoms with E-state index in [0.29, 0.717) is 26.2 Å². The smallest absolute Gasteiger partial charge is 0.251 e. The van der Waals surface area contributed by atoms with Crippen molar-refractivity contribution in [3.05, 3.63) is 58.6 Å². The molecule has 1 fully saturated rings. The molecule has 1 heterocycles. The van der Waals surface area contributed by atoms with Crippen LogP contribution in [0.1, 0.15) is 54.9 Å². The largest absolute Gasteiger partial charge is 0.494 e. The number of para-hydroxylation sites is 1. The van der Waals surface area contributed by atoms with Crippen molar-refractivity contribution in [1.29, 1.82) is 0 Å². The summed E-state index contributed by atoms with van der Waals surface area (Å²) in [6.07, 6.45) is 5.23. The van der Waals surface area contributed by atoms with Gasteiger partial charge in [0.1, 0.15) is 10.6 Å². The molecule has 8 heteroatoms. The Kier molecular flexibility index (Phi) is 8.96. The van der Waals surface area contributed by atoms with Crippen LogP contribution in [-0.2, 0) is 16.4 Å². The number of ether oxygens (including phenoxy) is 1. The van der Waals surface area contributed by atoms with Crippen LogP contribution in [0.2, 0.25) is 5.02 Å². The van der Waals surface area contributed by atoms with Crippen LogP contribution in [0.3, 0.4) is 0 Å². The molecule has 2 aromatic rings. The Morgan fingerprint density at radius 2 is 1.81 bits per heavy atom. The lowest BCUT2D eigenvalue weighted by molar-refractivity contribution is 0.0953. The van der Waals surface area contributed by atoms with Gasteiger partial charge in [0.15, 0.2) is 0 Å². The Balaban J connectivity index is 1.63. The first-order valence-corrected chi connectivity index (χ1v) is 13.0. The van der Waals surface area contributed by atoms with Gasteiger partial charge in [-0.15, -0.1) is 0 Å². The van der Waals surface area contributed by atoms with E-state index >= 15 is 0 Å². The summed E-state index contributed by atoms with van der Waals surface area (Å²) in [6, 6.07) is 12.3. The van der Waals surface area contributed by atoms with E-state index in [0.717, 1.165) is 49.8 Å². The minimum Gasteiger partial charge on any atom is -0.494 e. The summed E-state index contributed by atoms with van der Waals surface area (Å²) in [5.41, 5.74) is 1.39. The molecule has 0 unspecified atom stereocenters. The lowest BCUT2D eigenvalue weighted by Gasteiger charge is -2.21. The molecule has 0 spiro atoms. The van der Waals surface area contributed by atoms with Crippen molar-refractivity contribution < 1.29 is 17.9 Å². The summed E-state index contributed by atoms with van der Waals surface area (Å²) in [6.45, 7) is 3.99. The number of hydrogen-bond acceptors (Lipinski definition) is 4. The predicted molar refractivity (Wildman–Crippen MR) is 127 cm³/mol. The maximum absolute atomic E-state index is 13.1. The van der Waals surface area contributed by atoms with Gasteiger partial charge in [-0.05, 0) is 62.4 Å². The Morgan fingerprint density at radius 1 is 1.09 bits per heavy atom. The first kappa shape index (κ1) is 24.6. The second-order valence-corrected chi connectivity index (χ2v) is 10.2. The van der Waals surface area contributed by atoms with Crippen LogP contribution >= 0.6 is 11.6 Å². The first-order valence-electron chi connectivity index (χ1n) is 11.2. The van der Waals surface area contributed by atoms with Crippen LogP contribution < -0.4 is 10.1 Å². The molecular weight excluding hydrogens is 448 g/mol. The average Bonchev–Trinajstić information content (AvgIpc) is 3.08. The third-order valence-corrected chi connectivity index (χ3v) is 7.94. The number of nitrogens with zero attached hydrogens (tertiary/aromatic N) is 1. The van der Waals surface area contributed by atoms with E-state index in [-0.39, 0.29) is 21.4 Å². The van der Waals surface area contributed by atoms with Crippen LogP contribution in [0.15, 0.2) is 47.4 Å². The molecule has 1 aliphatic rings. The first-order chi connectivity index (χ1) is 15.4. The van der Waals surface area contributed by atoms with E-state index in [4.69, 9.17) is 16.3 Å². The summed E-state index contributed by atoms with van der Waals surface area (Å²) in [5.74, 6) is 0.550. The molecule has 0 saturated carbocycles. The highest BCUT2D eigenvalue weighted by Gasteiger charge is 2.28. The number of halogens is 1. The molecule has 0 bridgehead atoms. The van der Waals surface area contributed by atoms with E-state index in [1.54, 1.807) is 6.07 Å². The lowest BCUT2D eigenvalue weighted by atomic mass is 10.1. The number of hydrogen-bond donors (Lipinski definition) is 1. The number of rotatable bonds is 9. The third-order valence-electron chi connectivity index (χ3n) is 5.56. The van der Waals surface area contributed by atoms with Crippen molar-refractivity contribution in [3.63, 3.8) is 0 Å². The molecule has 1 N–H and O–H groups in total. The van der Waals surface area contributed by atoms with Gasteiger partial charge in [-0.25, -0.2) is 8.42 Å². The van der Waals surface area contributed by atoms with Gasteiger partial charge in [0.05, 0.1) is 11.6 Å². The number of sulfonamides is 1. The molecule has 1 aliphatic heterocycles. The summed E-state index contributed by atoms with van der Waals surface area (Å²) in [7, 11) is -3.74. The van der Waals surface area contributed by atoms with Crippen molar-refractivity contribution >= 4 is 27.5 Å². The van der Waals surface area contributed by atoms with Crippen molar-refractivity contribution in [2.45, 2.75) is 50.3 Å². The van der Waals surface area contributed by atoms with Gasteiger partial charge >= 0.3 is 0 Å².